The molecule has 0 fully saturated rings. The van der Waals surface area contributed by atoms with Gasteiger partial charge in [0.15, 0.2) is 8.32 Å². The van der Waals surface area contributed by atoms with Gasteiger partial charge in [-0.1, -0.05) is 64.8 Å². The summed E-state index contributed by atoms with van der Waals surface area (Å²) in [7, 11) is -6.22. The second-order valence-electron chi connectivity index (χ2n) is 15.2. The highest BCUT2D eigenvalue weighted by molar-refractivity contribution is 7.86. The molecule has 1 N–H and O–H groups in total. The van der Waals surface area contributed by atoms with Gasteiger partial charge < -0.3 is 14.3 Å². The summed E-state index contributed by atoms with van der Waals surface area (Å²) in [6.07, 6.45) is 4.29. The van der Waals surface area contributed by atoms with Gasteiger partial charge in [-0.05, 0) is 95.3 Å². The lowest BCUT2D eigenvalue weighted by molar-refractivity contribution is -0.142. The zero-order valence-electron chi connectivity index (χ0n) is 32.8. The molecule has 52 heavy (non-hydrogen) atoms. The Labute approximate surface area is 317 Å². The molecule has 0 spiro atoms. The number of cyclic esters (lactones) is 1. The van der Waals surface area contributed by atoms with E-state index in [4.69, 9.17) is 13.3 Å². The number of aromatic nitrogens is 1. The van der Waals surface area contributed by atoms with E-state index in [1.54, 1.807) is 18.2 Å². The third-order valence-electron chi connectivity index (χ3n) is 10.8. The summed E-state index contributed by atoms with van der Waals surface area (Å²) < 4.78 is 45.1. The quantitative estimate of drug-likeness (QED) is 0.135. The van der Waals surface area contributed by atoms with Crippen molar-refractivity contribution in [3.8, 4) is 0 Å². The standard InChI is InChI=1S/C40H61NO8S2Si/c1-11-52(12-2,13-3)49-38-28(5)15-14-16-32(25-47-51(45,46)34-19-17-27(4)18-20-34)35(42)24-36(29(6)23-33-26-50-31(8)41-33)48-37(43)21-22-40(9,10)39(44)30(38)7/h17-23,26,28,30,32,35-36,38,42H,11-16,24-25H2,1-10H3/t28-,30+,32+,35-,36-,38-/m0/s1. The number of carbonyl (C=O) groups excluding carboxylic acids is 2. The maximum Gasteiger partial charge on any atom is 0.331 e. The third-order valence-corrected chi connectivity index (χ3v) is 17.5. The summed E-state index contributed by atoms with van der Waals surface area (Å²) in [5.74, 6) is -1.70. The fourth-order valence-electron chi connectivity index (χ4n) is 6.99. The Morgan fingerprint density at radius 2 is 1.71 bits per heavy atom. The van der Waals surface area contributed by atoms with Gasteiger partial charge in [-0.15, -0.1) is 11.3 Å². The predicted octanol–water partition coefficient (Wildman–Crippen LogP) is 8.85. The summed E-state index contributed by atoms with van der Waals surface area (Å²) in [5.41, 5.74) is 1.35. The van der Waals surface area contributed by atoms with Gasteiger partial charge in [-0.25, -0.2) is 9.78 Å². The summed E-state index contributed by atoms with van der Waals surface area (Å²) in [4.78, 5) is 32.1. The molecule has 0 bridgehead atoms. The highest BCUT2D eigenvalue weighted by Crippen LogP contribution is 2.36. The number of allylic oxidation sites excluding steroid dienone is 1. The molecule has 12 heteroatoms. The first-order valence-electron chi connectivity index (χ1n) is 18.7. The lowest BCUT2D eigenvalue weighted by atomic mass is 9.76. The minimum absolute atomic E-state index is 0.00243. The van der Waals surface area contributed by atoms with Crippen LogP contribution in [0.3, 0.4) is 0 Å². The van der Waals surface area contributed by atoms with Crippen molar-refractivity contribution in [3.05, 3.63) is 63.6 Å². The minimum atomic E-state index is -4.10. The number of aliphatic hydroxyl groups is 1. The molecule has 1 aromatic carbocycles. The van der Waals surface area contributed by atoms with Crippen LogP contribution in [0.25, 0.3) is 6.08 Å². The number of hydrogen-bond acceptors (Lipinski definition) is 10. The predicted molar refractivity (Wildman–Crippen MR) is 211 cm³/mol. The van der Waals surface area contributed by atoms with Crippen LogP contribution in [0, 0.1) is 37.0 Å². The Hall–Kier alpha value is -2.48. The van der Waals surface area contributed by atoms with E-state index in [9.17, 15) is 23.1 Å². The molecule has 0 unspecified atom stereocenters. The summed E-state index contributed by atoms with van der Waals surface area (Å²) >= 11 is 1.50. The summed E-state index contributed by atoms with van der Waals surface area (Å²) in [6.45, 7) is 19.5. The molecule has 1 aromatic heterocycles. The number of hydrogen-bond donors (Lipinski definition) is 1. The molecule has 6 atom stereocenters. The molecule has 3 rings (SSSR count). The number of ketones is 1. The number of benzene rings is 1. The molecule has 2 aromatic rings. The van der Waals surface area contributed by atoms with E-state index in [1.165, 1.54) is 29.5 Å². The van der Waals surface area contributed by atoms with Crippen molar-refractivity contribution < 1.29 is 36.5 Å². The van der Waals surface area contributed by atoms with Crippen LogP contribution in [0.15, 0.2) is 52.3 Å². The van der Waals surface area contributed by atoms with Gasteiger partial charge in [0.25, 0.3) is 10.1 Å². The molecule has 0 aliphatic carbocycles. The zero-order valence-corrected chi connectivity index (χ0v) is 35.4. The Balaban J connectivity index is 2.04. The third kappa shape index (κ3) is 12.0. The molecule has 0 amide bonds. The Morgan fingerprint density at radius 3 is 2.29 bits per heavy atom. The first kappa shape index (κ1) is 43.9. The average Bonchev–Trinajstić information content (AvgIpc) is 3.52. The van der Waals surface area contributed by atoms with Crippen LogP contribution in [0.4, 0.5) is 0 Å². The number of ether oxygens (including phenoxy) is 1. The Morgan fingerprint density at radius 1 is 1.08 bits per heavy atom. The molecule has 0 radical (unpaired) electrons. The fraction of sp³-hybridized carbons (Fsp3) is 0.625. The summed E-state index contributed by atoms with van der Waals surface area (Å²) in [5, 5.41) is 14.6. The van der Waals surface area contributed by atoms with Gasteiger partial charge in [0, 0.05) is 35.1 Å². The SMILES string of the molecule is CC[Si](CC)(CC)O[C@H]1[C@@H](C)CCC[C@H](COS(=O)(=O)c2ccc(C)cc2)[C@@H](O)C[C@@H](C(C)=Cc2csc(C)n2)OC(=O)C=CC(C)(C)C(=O)[C@@H]1C. The maximum atomic E-state index is 14.2. The first-order chi connectivity index (χ1) is 24.4. The van der Waals surface area contributed by atoms with Gasteiger partial charge in [0.1, 0.15) is 11.9 Å². The van der Waals surface area contributed by atoms with Gasteiger partial charge in [-0.2, -0.15) is 8.42 Å². The van der Waals surface area contributed by atoms with Crippen molar-refractivity contribution in [1.29, 1.82) is 0 Å². The van der Waals surface area contributed by atoms with E-state index in [1.807, 2.05) is 53.0 Å². The normalized spacial score (nSPS) is 25.9. The smallest absolute Gasteiger partial charge is 0.331 e. The monoisotopic (exact) mass is 775 g/mol. The van der Waals surface area contributed by atoms with Gasteiger partial charge in [-0.3, -0.25) is 8.98 Å². The van der Waals surface area contributed by atoms with E-state index in [0.29, 0.717) is 30.5 Å². The number of thiazole rings is 1. The molecule has 0 saturated carbocycles. The van der Waals surface area contributed by atoms with E-state index < -0.39 is 53.9 Å². The molecule has 1 aliphatic rings. The topological polar surface area (TPSA) is 129 Å². The maximum absolute atomic E-state index is 14.2. The van der Waals surface area contributed by atoms with Crippen molar-refractivity contribution in [1.82, 2.24) is 4.98 Å². The molecule has 2 heterocycles. The van der Waals surface area contributed by atoms with Crippen molar-refractivity contribution in [2.45, 2.75) is 136 Å². The van der Waals surface area contributed by atoms with Crippen LogP contribution in [-0.2, 0) is 33.1 Å². The van der Waals surface area contributed by atoms with Crippen LogP contribution in [0.2, 0.25) is 18.1 Å². The number of Topliss-reactive ketones (excluding diaryl/α,β-unsaturated/α-hetero) is 1. The lowest BCUT2D eigenvalue weighted by Crippen LogP contribution is -2.48. The molecule has 290 valence electrons. The van der Waals surface area contributed by atoms with E-state index >= 15 is 0 Å². The first-order valence-corrected chi connectivity index (χ1v) is 23.5. The molecular formula is C40H61NO8S2Si. The lowest BCUT2D eigenvalue weighted by Gasteiger charge is -2.40. The van der Waals surface area contributed by atoms with Crippen molar-refractivity contribution in [2.24, 2.45) is 23.2 Å². The number of esters is 1. The van der Waals surface area contributed by atoms with Crippen molar-refractivity contribution in [3.63, 3.8) is 0 Å². The van der Waals surface area contributed by atoms with Gasteiger partial charge >= 0.3 is 5.97 Å². The Kier molecular flexibility index (Phi) is 16.2. The number of aliphatic hydroxyl groups excluding tert-OH is 1. The van der Waals surface area contributed by atoms with Crippen LogP contribution < -0.4 is 0 Å². The summed E-state index contributed by atoms with van der Waals surface area (Å²) in [6, 6.07) is 9.27. The van der Waals surface area contributed by atoms with Gasteiger partial charge in [0.05, 0.1) is 34.4 Å². The minimum Gasteiger partial charge on any atom is -0.455 e. The zero-order chi connectivity index (χ0) is 38.9. The number of rotatable bonds is 11. The molecule has 1 aliphatic heterocycles. The second-order valence-corrected chi connectivity index (χ2v) is 22.6. The van der Waals surface area contributed by atoms with E-state index in [2.05, 4.69) is 32.7 Å². The molecule has 9 nitrogen and oxygen atoms in total. The van der Waals surface area contributed by atoms with Crippen LogP contribution in [-0.4, -0.2) is 63.5 Å². The molecular weight excluding hydrogens is 715 g/mol. The van der Waals surface area contributed by atoms with E-state index in [0.717, 1.165) is 28.7 Å². The van der Waals surface area contributed by atoms with Gasteiger partial charge in [0.2, 0.25) is 0 Å². The Bertz CT molecular complexity index is 1640. The highest BCUT2D eigenvalue weighted by Gasteiger charge is 2.41. The van der Waals surface area contributed by atoms with Crippen molar-refractivity contribution in [2.75, 3.05) is 6.61 Å². The van der Waals surface area contributed by atoms with Crippen LogP contribution in [0.1, 0.15) is 97.3 Å². The fourth-order valence-corrected chi connectivity index (χ4v) is 11.5. The molecule has 0 saturated heterocycles. The van der Waals surface area contributed by atoms with E-state index in [-0.39, 0.29) is 35.7 Å². The van der Waals surface area contributed by atoms with Crippen LogP contribution in [0.5, 0.6) is 0 Å². The largest absolute Gasteiger partial charge is 0.455 e. The number of carbonyl (C=O) groups is 2. The second kappa shape index (κ2) is 19.2. The average molecular weight is 776 g/mol. The number of nitrogens with zero attached hydrogens (tertiary/aromatic N) is 1. The van der Waals surface area contributed by atoms with Crippen molar-refractivity contribution >= 4 is 47.6 Å². The van der Waals surface area contributed by atoms with Crippen LogP contribution >= 0.6 is 11.3 Å². The number of aryl methyl sites for hydroxylation is 2. The highest BCUT2D eigenvalue weighted by atomic mass is 32.2.